The summed E-state index contributed by atoms with van der Waals surface area (Å²) in [6.45, 7) is 0. The molecule has 1 amide bonds. The molecule has 0 atom stereocenters. The molecule has 0 aliphatic carbocycles. The summed E-state index contributed by atoms with van der Waals surface area (Å²) >= 11 is 1.35. The van der Waals surface area contributed by atoms with Crippen LogP contribution < -0.4 is 10.0 Å². The third-order valence-corrected chi connectivity index (χ3v) is 6.32. The number of thiazole rings is 1. The van der Waals surface area contributed by atoms with Crippen molar-refractivity contribution < 1.29 is 13.2 Å². The molecule has 3 aromatic carbocycles. The van der Waals surface area contributed by atoms with E-state index in [1.165, 1.54) is 23.5 Å². The second-order valence-electron chi connectivity index (χ2n) is 5.91. The molecule has 1 heterocycles. The van der Waals surface area contributed by atoms with E-state index in [0.29, 0.717) is 5.13 Å². The number of hydrogen-bond donors (Lipinski definition) is 2. The summed E-state index contributed by atoms with van der Waals surface area (Å²) < 4.78 is 28.6. The molecule has 4 rings (SSSR count). The van der Waals surface area contributed by atoms with Crippen molar-refractivity contribution in [1.29, 1.82) is 0 Å². The topological polar surface area (TPSA) is 88.2 Å². The first-order chi connectivity index (χ1) is 13.5. The number of nitrogens with one attached hydrogen (secondary N) is 2. The zero-order valence-corrected chi connectivity index (χ0v) is 16.1. The third-order valence-electron chi connectivity index (χ3n) is 3.98. The number of hydrogen-bond acceptors (Lipinski definition) is 5. The molecule has 8 heteroatoms. The fraction of sp³-hybridized carbons (Fsp3) is 0. The number of fused-ring (bicyclic) bond motifs is 1. The summed E-state index contributed by atoms with van der Waals surface area (Å²) in [6.07, 6.45) is 0. The van der Waals surface area contributed by atoms with Crippen LogP contribution in [0.1, 0.15) is 10.4 Å². The molecule has 0 bridgehead atoms. The van der Waals surface area contributed by atoms with Crippen molar-refractivity contribution in [1.82, 2.24) is 4.98 Å². The Hall–Kier alpha value is -3.23. The van der Waals surface area contributed by atoms with Gasteiger partial charge in [-0.1, -0.05) is 53.8 Å². The smallest absolute Gasteiger partial charge is 0.261 e. The van der Waals surface area contributed by atoms with E-state index in [1.807, 2.05) is 24.3 Å². The quantitative estimate of drug-likeness (QED) is 0.513. The van der Waals surface area contributed by atoms with Crippen molar-refractivity contribution in [2.24, 2.45) is 0 Å². The van der Waals surface area contributed by atoms with Crippen molar-refractivity contribution in [2.75, 3.05) is 10.0 Å². The molecule has 0 fully saturated rings. The Kier molecular flexibility index (Phi) is 4.81. The van der Waals surface area contributed by atoms with E-state index in [1.54, 1.807) is 42.5 Å². The molecule has 140 valence electrons. The maximum Gasteiger partial charge on any atom is 0.261 e. The summed E-state index contributed by atoms with van der Waals surface area (Å²) in [6, 6.07) is 22.0. The first kappa shape index (κ1) is 18.1. The highest BCUT2D eigenvalue weighted by Gasteiger charge is 2.19. The van der Waals surface area contributed by atoms with Gasteiger partial charge in [-0.2, -0.15) is 0 Å². The molecule has 0 aliphatic rings. The molecule has 0 spiro atoms. The number of amides is 1. The van der Waals surface area contributed by atoms with Crippen LogP contribution in [0.3, 0.4) is 0 Å². The van der Waals surface area contributed by atoms with Gasteiger partial charge in [0.05, 0.1) is 26.4 Å². The third kappa shape index (κ3) is 3.73. The molecule has 0 unspecified atom stereocenters. The van der Waals surface area contributed by atoms with Crippen molar-refractivity contribution in [3.63, 3.8) is 0 Å². The molecule has 28 heavy (non-hydrogen) atoms. The van der Waals surface area contributed by atoms with Gasteiger partial charge in [-0.05, 0) is 36.4 Å². The predicted molar refractivity (Wildman–Crippen MR) is 111 cm³/mol. The fourth-order valence-electron chi connectivity index (χ4n) is 2.66. The average molecular weight is 409 g/mol. The van der Waals surface area contributed by atoms with E-state index in [9.17, 15) is 13.2 Å². The van der Waals surface area contributed by atoms with E-state index in [4.69, 9.17) is 0 Å². The molecular weight excluding hydrogens is 394 g/mol. The van der Waals surface area contributed by atoms with E-state index in [-0.39, 0.29) is 16.1 Å². The first-order valence-corrected chi connectivity index (χ1v) is 10.7. The molecule has 2 N–H and O–H groups in total. The number of carbonyl (C=O) groups excluding carboxylic acids is 1. The SMILES string of the molecule is O=C(Nc1nc2ccccc2s1)c1ccccc1NS(=O)(=O)c1ccccc1. The molecule has 0 aliphatic heterocycles. The number of aromatic nitrogens is 1. The molecule has 1 aromatic heterocycles. The maximum absolute atomic E-state index is 12.8. The van der Waals surface area contributed by atoms with E-state index < -0.39 is 15.9 Å². The van der Waals surface area contributed by atoms with Crippen molar-refractivity contribution >= 4 is 48.3 Å². The van der Waals surface area contributed by atoms with Gasteiger partial charge in [0, 0.05) is 0 Å². The van der Waals surface area contributed by atoms with Crippen LogP contribution in [0.2, 0.25) is 0 Å². The normalized spacial score (nSPS) is 11.3. The van der Waals surface area contributed by atoms with Gasteiger partial charge in [0.25, 0.3) is 15.9 Å². The van der Waals surface area contributed by atoms with Crippen LogP contribution in [-0.4, -0.2) is 19.3 Å². The average Bonchev–Trinajstić information content (AvgIpc) is 3.11. The van der Waals surface area contributed by atoms with Crippen LogP contribution in [0.25, 0.3) is 10.2 Å². The van der Waals surface area contributed by atoms with Crippen LogP contribution in [-0.2, 0) is 10.0 Å². The Morgan fingerprint density at radius 3 is 2.32 bits per heavy atom. The second kappa shape index (κ2) is 7.41. The Bertz CT molecular complexity index is 1220. The van der Waals surface area contributed by atoms with Crippen molar-refractivity contribution in [3.8, 4) is 0 Å². The number of anilines is 2. The van der Waals surface area contributed by atoms with Gasteiger partial charge >= 0.3 is 0 Å². The minimum atomic E-state index is -3.81. The van der Waals surface area contributed by atoms with Gasteiger partial charge in [0.2, 0.25) is 0 Å². The van der Waals surface area contributed by atoms with Gasteiger partial charge < -0.3 is 0 Å². The van der Waals surface area contributed by atoms with E-state index in [0.717, 1.165) is 10.2 Å². The van der Waals surface area contributed by atoms with Gasteiger partial charge in [0.15, 0.2) is 5.13 Å². The second-order valence-corrected chi connectivity index (χ2v) is 8.62. The minimum absolute atomic E-state index is 0.122. The molecule has 0 radical (unpaired) electrons. The first-order valence-electron chi connectivity index (χ1n) is 8.37. The zero-order valence-electron chi connectivity index (χ0n) is 14.5. The fourth-order valence-corrected chi connectivity index (χ4v) is 4.63. The van der Waals surface area contributed by atoms with Crippen LogP contribution in [0.4, 0.5) is 10.8 Å². The lowest BCUT2D eigenvalue weighted by atomic mass is 10.2. The summed E-state index contributed by atoms with van der Waals surface area (Å²) in [5, 5.41) is 3.20. The Labute approximate surface area is 165 Å². The number of benzene rings is 3. The molecular formula is C20H15N3O3S2. The number of rotatable bonds is 5. The van der Waals surface area contributed by atoms with Crippen molar-refractivity contribution in [3.05, 3.63) is 84.4 Å². The summed E-state index contributed by atoms with van der Waals surface area (Å²) in [5.41, 5.74) is 1.20. The lowest BCUT2D eigenvalue weighted by molar-refractivity contribution is 0.102. The summed E-state index contributed by atoms with van der Waals surface area (Å²) in [5.74, 6) is -0.439. The van der Waals surface area contributed by atoms with Crippen LogP contribution in [0.15, 0.2) is 83.8 Å². The van der Waals surface area contributed by atoms with Crippen LogP contribution in [0.5, 0.6) is 0 Å². The summed E-state index contributed by atoms with van der Waals surface area (Å²) in [7, 11) is -3.81. The largest absolute Gasteiger partial charge is 0.298 e. The summed E-state index contributed by atoms with van der Waals surface area (Å²) in [4.78, 5) is 17.3. The van der Waals surface area contributed by atoms with E-state index in [2.05, 4.69) is 15.0 Å². The maximum atomic E-state index is 12.8. The molecule has 4 aromatic rings. The lowest BCUT2D eigenvalue weighted by Crippen LogP contribution is -2.18. The highest BCUT2D eigenvalue weighted by molar-refractivity contribution is 7.92. The van der Waals surface area contributed by atoms with Gasteiger partial charge in [-0.15, -0.1) is 0 Å². The Balaban J connectivity index is 1.61. The standard InChI is InChI=1S/C20H15N3O3S2/c24-19(22-20-21-17-12-6-7-13-18(17)27-20)15-10-4-5-11-16(15)23-28(25,26)14-8-2-1-3-9-14/h1-13,23H,(H,21,22,24). The van der Waals surface area contributed by atoms with Crippen LogP contribution in [0, 0.1) is 0 Å². The molecule has 6 nitrogen and oxygen atoms in total. The number of para-hydroxylation sites is 2. The zero-order chi connectivity index (χ0) is 19.6. The number of sulfonamides is 1. The Morgan fingerprint density at radius 2 is 1.54 bits per heavy atom. The molecule has 0 saturated carbocycles. The van der Waals surface area contributed by atoms with Gasteiger partial charge in [-0.25, -0.2) is 13.4 Å². The lowest BCUT2D eigenvalue weighted by Gasteiger charge is -2.12. The number of carbonyl (C=O) groups is 1. The van der Waals surface area contributed by atoms with Gasteiger partial charge in [-0.3, -0.25) is 14.8 Å². The molecule has 0 saturated heterocycles. The highest BCUT2D eigenvalue weighted by atomic mass is 32.2. The van der Waals surface area contributed by atoms with Gasteiger partial charge in [0.1, 0.15) is 0 Å². The Morgan fingerprint density at radius 1 is 0.857 bits per heavy atom. The van der Waals surface area contributed by atoms with E-state index >= 15 is 0 Å². The van der Waals surface area contributed by atoms with Crippen LogP contribution >= 0.6 is 11.3 Å². The number of nitrogens with zero attached hydrogens (tertiary/aromatic N) is 1. The predicted octanol–water partition coefficient (Wildman–Crippen LogP) is 4.35. The highest BCUT2D eigenvalue weighted by Crippen LogP contribution is 2.27. The van der Waals surface area contributed by atoms with Crippen molar-refractivity contribution in [2.45, 2.75) is 4.90 Å². The minimum Gasteiger partial charge on any atom is -0.298 e. The monoisotopic (exact) mass is 409 g/mol.